The zero-order valence-electron chi connectivity index (χ0n) is 18.8. The lowest BCUT2D eigenvalue weighted by Gasteiger charge is -2.55. The van der Waals surface area contributed by atoms with Gasteiger partial charge in [-0.1, -0.05) is 12.1 Å². The average molecular weight is 468 g/mol. The number of benzene rings is 1. The van der Waals surface area contributed by atoms with Crippen LogP contribution >= 0.6 is 11.3 Å². The van der Waals surface area contributed by atoms with E-state index in [4.69, 9.17) is 0 Å². The first kappa shape index (κ1) is 22.1. The lowest BCUT2D eigenvalue weighted by molar-refractivity contribution is -0.146. The Bertz CT molecular complexity index is 1030. The van der Waals surface area contributed by atoms with E-state index in [1.807, 2.05) is 12.1 Å². The number of amides is 2. The fraction of sp³-hybridized carbons (Fsp3) is 0.520. The number of hydrogen-bond acceptors (Lipinski definition) is 6. The van der Waals surface area contributed by atoms with E-state index in [2.05, 4.69) is 20.4 Å². The number of ether oxygens (including phenoxy) is 1. The topological polar surface area (TPSA) is 97.4 Å². The highest BCUT2D eigenvalue weighted by Crippen LogP contribution is 2.60. The highest BCUT2D eigenvalue weighted by molar-refractivity contribution is 7.14. The first-order chi connectivity index (χ1) is 15.9. The molecule has 2 N–H and O–H groups in total. The van der Waals surface area contributed by atoms with Crippen molar-refractivity contribution < 1.29 is 19.1 Å². The molecule has 0 spiro atoms. The van der Waals surface area contributed by atoms with Crippen molar-refractivity contribution in [3.63, 3.8) is 0 Å². The summed E-state index contributed by atoms with van der Waals surface area (Å²) in [6.45, 7) is 0.478. The number of carbonyl (C=O) groups excluding carboxylic acids is 3. The van der Waals surface area contributed by atoms with Crippen molar-refractivity contribution in [2.24, 2.45) is 23.2 Å². The second kappa shape index (κ2) is 8.89. The van der Waals surface area contributed by atoms with E-state index < -0.39 is 0 Å². The molecule has 4 aliphatic rings. The van der Waals surface area contributed by atoms with Crippen LogP contribution in [-0.4, -0.2) is 29.9 Å². The fourth-order valence-electron chi connectivity index (χ4n) is 6.37. The van der Waals surface area contributed by atoms with Crippen molar-refractivity contribution in [2.45, 2.75) is 51.5 Å². The molecule has 0 saturated heterocycles. The molecular weight excluding hydrogens is 438 g/mol. The van der Waals surface area contributed by atoms with Crippen molar-refractivity contribution >= 4 is 34.3 Å². The number of carbonyl (C=O) groups is 3. The van der Waals surface area contributed by atoms with Crippen molar-refractivity contribution in [3.05, 3.63) is 46.5 Å². The summed E-state index contributed by atoms with van der Waals surface area (Å²) in [4.78, 5) is 41.3. The van der Waals surface area contributed by atoms with Crippen LogP contribution in [-0.2, 0) is 27.3 Å². The molecule has 1 heterocycles. The van der Waals surface area contributed by atoms with Crippen LogP contribution in [0.4, 0.5) is 5.13 Å². The molecule has 0 unspecified atom stereocenters. The van der Waals surface area contributed by atoms with Gasteiger partial charge >= 0.3 is 5.97 Å². The fourth-order valence-corrected chi connectivity index (χ4v) is 7.07. The maximum atomic E-state index is 13.1. The van der Waals surface area contributed by atoms with Crippen LogP contribution in [0.25, 0.3) is 0 Å². The third-order valence-corrected chi connectivity index (χ3v) is 8.32. The number of hydrogen-bond donors (Lipinski definition) is 2. The summed E-state index contributed by atoms with van der Waals surface area (Å²) < 4.78 is 4.63. The van der Waals surface area contributed by atoms with Gasteiger partial charge in [-0.15, -0.1) is 11.3 Å². The van der Waals surface area contributed by atoms with Gasteiger partial charge < -0.3 is 10.1 Å². The van der Waals surface area contributed by atoms with Gasteiger partial charge in [-0.05, 0) is 74.0 Å². The van der Waals surface area contributed by atoms with Gasteiger partial charge in [0, 0.05) is 22.9 Å². The Morgan fingerprint density at radius 2 is 1.70 bits per heavy atom. The third kappa shape index (κ3) is 4.67. The second-order valence-corrected chi connectivity index (χ2v) is 10.8. The molecule has 174 valence electrons. The van der Waals surface area contributed by atoms with Gasteiger partial charge in [0.15, 0.2) is 5.13 Å². The Labute approximate surface area is 197 Å². The summed E-state index contributed by atoms with van der Waals surface area (Å²) in [5.41, 5.74) is 1.90. The van der Waals surface area contributed by atoms with E-state index >= 15 is 0 Å². The Balaban J connectivity index is 1.14. The van der Waals surface area contributed by atoms with Crippen LogP contribution in [0.2, 0.25) is 0 Å². The predicted octanol–water partition coefficient (Wildman–Crippen LogP) is 3.94. The molecule has 2 amide bonds. The van der Waals surface area contributed by atoms with Crippen molar-refractivity contribution in [3.8, 4) is 0 Å². The number of rotatable bonds is 7. The minimum absolute atomic E-state index is 0.0759. The van der Waals surface area contributed by atoms with E-state index in [0.717, 1.165) is 42.6 Å². The smallest absolute Gasteiger partial charge is 0.311 e. The molecule has 4 saturated carbocycles. The number of thiazole rings is 1. The highest BCUT2D eigenvalue weighted by Gasteiger charge is 2.54. The molecule has 33 heavy (non-hydrogen) atoms. The molecule has 4 bridgehead atoms. The maximum absolute atomic E-state index is 13.1. The molecule has 0 atom stereocenters. The van der Waals surface area contributed by atoms with Gasteiger partial charge in [0.05, 0.1) is 19.2 Å². The first-order valence-corrected chi connectivity index (χ1v) is 12.5. The van der Waals surface area contributed by atoms with Gasteiger partial charge in [0.1, 0.15) is 0 Å². The summed E-state index contributed by atoms with van der Waals surface area (Å²) in [6, 6.07) is 7.26. The first-order valence-electron chi connectivity index (χ1n) is 11.6. The minimum atomic E-state index is -0.371. The third-order valence-electron chi connectivity index (χ3n) is 7.51. The van der Waals surface area contributed by atoms with Crippen molar-refractivity contribution in [1.82, 2.24) is 10.3 Å². The number of nitrogens with zero attached hydrogens (tertiary/aromatic N) is 1. The number of methoxy groups -OCH3 is 1. The monoisotopic (exact) mass is 467 g/mol. The zero-order valence-corrected chi connectivity index (χ0v) is 19.6. The number of aromatic nitrogens is 1. The minimum Gasteiger partial charge on any atom is -0.469 e. The normalized spacial score (nSPS) is 27.2. The quantitative estimate of drug-likeness (QED) is 0.601. The Morgan fingerprint density at radius 3 is 2.30 bits per heavy atom. The molecule has 2 aromatic rings. The average Bonchev–Trinajstić information content (AvgIpc) is 3.23. The summed E-state index contributed by atoms with van der Waals surface area (Å²) >= 11 is 1.26. The maximum Gasteiger partial charge on any atom is 0.311 e. The molecule has 1 aromatic heterocycles. The Morgan fingerprint density at radius 1 is 1.06 bits per heavy atom. The molecule has 8 heteroatoms. The lowest BCUT2D eigenvalue weighted by atomic mass is 9.49. The molecule has 4 fully saturated rings. The summed E-state index contributed by atoms with van der Waals surface area (Å²) in [5.74, 6) is 1.81. The van der Waals surface area contributed by atoms with E-state index in [9.17, 15) is 14.4 Å². The van der Waals surface area contributed by atoms with Crippen LogP contribution in [0.3, 0.4) is 0 Å². The van der Waals surface area contributed by atoms with Crippen LogP contribution in [0.1, 0.15) is 60.1 Å². The van der Waals surface area contributed by atoms with Crippen molar-refractivity contribution in [2.75, 3.05) is 12.4 Å². The number of nitrogens with one attached hydrogen (secondary N) is 2. The van der Waals surface area contributed by atoms with Gasteiger partial charge in [0.25, 0.3) is 5.91 Å². The summed E-state index contributed by atoms with van der Waals surface area (Å²) in [7, 11) is 1.33. The van der Waals surface area contributed by atoms with Gasteiger partial charge in [-0.3, -0.25) is 19.7 Å². The molecule has 4 aliphatic carbocycles. The molecule has 0 aliphatic heterocycles. The van der Waals surface area contributed by atoms with Crippen LogP contribution in [0, 0.1) is 23.2 Å². The van der Waals surface area contributed by atoms with Gasteiger partial charge in [0.2, 0.25) is 5.91 Å². The molecule has 7 nitrogen and oxygen atoms in total. The highest BCUT2D eigenvalue weighted by atomic mass is 32.1. The van der Waals surface area contributed by atoms with Crippen LogP contribution in [0.5, 0.6) is 0 Å². The van der Waals surface area contributed by atoms with Gasteiger partial charge in [-0.2, -0.15) is 0 Å². The SMILES string of the molecule is COC(=O)Cc1csc(NC(=O)c2ccc(CNC(=O)C34CC5CC(CC(C5)C3)C4)cc2)n1. The molecule has 1 aromatic carbocycles. The molecule has 6 rings (SSSR count). The van der Waals surface area contributed by atoms with Crippen LogP contribution in [0.15, 0.2) is 29.6 Å². The number of anilines is 1. The lowest BCUT2D eigenvalue weighted by Crippen LogP contribution is -2.53. The standard InChI is InChI=1S/C25H29N3O4S/c1-32-21(29)9-20-14-33-24(27-20)28-22(30)19-4-2-15(3-5-19)13-26-23(31)25-10-16-6-17(11-25)8-18(7-16)12-25/h2-5,14,16-18H,6-13H2,1H3,(H,26,31)(H,27,28,30). The van der Waals surface area contributed by atoms with E-state index in [0.29, 0.717) is 22.9 Å². The second-order valence-electron chi connectivity index (χ2n) is 9.93. The Kier molecular flexibility index (Phi) is 5.95. The van der Waals surface area contributed by atoms with E-state index in [1.54, 1.807) is 17.5 Å². The number of esters is 1. The van der Waals surface area contributed by atoms with Gasteiger partial charge in [-0.25, -0.2) is 4.98 Å². The predicted molar refractivity (Wildman–Crippen MR) is 125 cm³/mol. The molecule has 0 radical (unpaired) electrons. The van der Waals surface area contributed by atoms with Crippen molar-refractivity contribution in [1.29, 1.82) is 0 Å². The summed E-state index contributed by atoms with van der Waals surface area (Å²) in [5, 5.41) is 8.10. The largest absolute Gasteiger partial charge is 0.469 e. The zero-order chi connectivity index (χ0) is 23.0. The van der Waals surface area contributed by atoms with E-state index in [-0.39, 0.29) is 29.6 Å². The van der Waals surface area contributed by atoms with E-state index in [1.165, 1.54) is 37.7 Å². The Hall–Kier alpha value is -2.74. The van der Waals surface area contributed by atoms with Crippen LogP contribution < -0.4 is 10.6 Å². The molecular formula is C25H29N3O4S. The summed E-state index contributed by atoms with van der Waals surface area (Å²) in [6.07, 6.45) is 7.22.